The first-order chi connectivity index (χ1) is 7.46. The van der Waals surface area contributed by atoms with E-state index < -0.39 is 12.1 Å². The van der Waals surface area contributed by atoms with Crippen molar-refractivity contribution in [2.24, 2.45) is 4.99 Å². The van der Waals surface area contributed by atoms with Crippen LogP contribution in [0.2, 0.25) is 0 Å². The molecule has 0 atom stereocenters. The van der Waals surface area contributed by atoms with E-state index in [2.05, 4.69) is 26.8 Å². The summed E-state index contributed by atoms with van der Waals surface area (Å²) in [4.78, 5) is 6.38. The molecule has 0 aromatic heterocycles. The topological polar surface area (TPSA) is 25.9 Å². The fourth-order valence-corrected chi connectivity index (χ4v) is 1.02. The van der Waals surface area contributed by atoms with Crippen molar-refractivity contribution in [2.45, 2.75) is 6.36 Å². The van der Waals surface area contributed by atoms with Crippen molar-refractivity contribution in [1.82, 2.24) is 0 Å². The van der Waals surface area contributed by atoms with Crippen molar-refractivity contribution in [2.75, 3.05) is 0 Å². The molecule has 1 rings (SSSR count). The maximum atomic E-state index is 12.0. The van der Waals surface area contributed by atoms with Gasteiger partial charge in [-0.05, 0) is 24.4 Å². The molecule has 0 amide bonds. The van der Waals surface area contributed by atoms with Crippen LogP contribution in [0.5, 0.6) is 5.75 Å². The quantitative estimate of drug-likeness (QED) is 0.448. The molecular formula is C9H3F3N2OS. The van der Waals surface area contributed by atoms with Crippen molar-refractivity contribution in [3.63, 3.8) is 0 Å². The van der Waals surface area contributed by atoms with Crippen LogP contribution in [0.25, 0.3) is 4.85 Å². The Morgan fingerprint density at radius 3 is 2.62 bits per heavy atom. The third-order valence-corrected chi connectivity index (χ3v) is 1.56. The van der Waals surface area contributed by atoms with Crippen LogP contribution in [0.4, 0.5) is 24.5 Å². The third-order valence-electron chi connectivity index (χ3n) is 1.46. The first-order valence-electron chi connectivity index (χ1n) is 3.81. The van der Waals surface area contributed by atoms with E-state index in [0.717, 1.165) is 6.07 Å². The molecule has 7 heteroatoms. The Hall–Kier alpha value is -1.90. The summed E-state index contributed by atoms with van der Waals surface area (Å²) >= 11 is 4.28. The monoisotopic (exact) mass is 244 g/mol. The number of halogens is 3. The van der Waals surface area contributed by atoms with Crippen LogP contribution in [0.3, 0.4) is 0 Å². The standard InChI is InChI=1S/C9H3F3N2OS/c1-13-6-2-3-7(14-5-16)8(4-6)15-9(10,11)12/h2-4H. The van der Waals surface area contributed by atoms with Gasteiger partial charge in [-0.15, -0.1) is 13.2 Å². The maximum absolute atomic E-state index is 12.0. The number of alkyl halides is 3. The average molecular weight is 244 g/mol. The van der Waals surface area contributed by atoms with E-state index in [1.165, 1.54) is 12.1 Å². The SMILES string of the molecule is [C-]#[N+]c1ccc(N=C=S)c(OC(F)(F)F)c1. The summed E-state index contributed by atoms with van der Waals surface area (Å²) in [6, 6.07) is 3.45. The Kier molecular flexibility index (Phi) is 3.61. The number of hydrogen-bond donors (Lipinski definition) is 0. The van der Waals surface area contributed by atoms with Crippen molar-refractivity contribution >= 4 is 28.8 Å². The highest BCUT2D eigenvalue weighted by Crippen LogP contribution is 2.35. The summed E-state index contributed by atoms with van der Waals surface area (Å²) in [5.41, 5.74) is -0.109. The predicted molar refractivity (Wildman–Crippen MR) is 54.1 cm³/mol. The van der Waals surface area contributed by atoms with Gasteiger partial charge < -0.3 is 4.74 Å². The van der Waals surface area contributed by atoms with Crippen LogP contribution in [0.1, 0.15) is 0 Å². The van der Waals surface area contributed by atoms with Crippen LogP contribution in [0.15, 0.2) is 23.2 Å². The van der Waals surface area contributed by atoms with E-state index in [1.807, 2.05) is 5.16 Å². The summed E-state index contributed by atoms with van der Waals surface area (Å²) < 4.78 is 39.7. The molecule has 82 valence electrons. The summed E-state index contributed by atoms with van der Waals surface area (Å²) in [5.74, 6) is -0.571. The third kappa shape index (κ3) is 3.35. The van der Waals surface area contributed by atoms with Crippen LogP contribution in [0, 0.1) is 6.57 Å². The lowest BCUT2D eigenvalue weighted by Gasteiger charge is -2.10. The molecule has 0 fully saturated rings. The molecule has 0 radical (unpaired) electrons. The van der Waals surface area contributed by atoms with Crippen molar-refractivity contribution in [3.05, 3.63) is 29.6 Å². The number of hydrogen-bond acceptors (Lipinski definition) is 3. The molecule has 0 aliphatic carbocycles. The molecule has 3 nitrogen and oxygen atoms in total. The smallest absolute Gasteiger partial charge is 0.405 e. The molecule has 1 aromatic carbocycles. The minimum Gasteiger partial charge on any atom is -0.405 e. The van der Waals surface area contributed by atoms with Crippen LogP contribution in [-0.4, -0.2) is 11.5 Å². The Morgan fingerprint density at radius 2 is 2.12 bits per heavy atom. The first-order valence-corrected chi connectivity index (χ1v) is 4.22. The van der Waals surface area contributed by atoms with E-state index in [-0.39, 0.29) is 11.4 Å². The van der Waals surface area contributed by atoms with E-state index >= 15 is 0 Å². The lowest BCUT2D eigenvalue weighted by molar-refractivity contribution is -0.274. The van der Waals surface area contributed by atoms with Gasteiger partial charge in [-0.3, -0.25) is 0 Å². The number of isothiocyanates is 1. The molecule has 0 unspecified atom stereocenters. The molecule has 0 heterocycles. The van der Waals surface area contributed by atoms with Gasteiger partial charge in [0.1, 0.15) is 11.4 Å². The molecule has 0 aliphatic heterocycles. The second-order valence-corrected chi connectivity index (χ2v) is 2.70. The number of rotatable bonds is 2. The van der Waals surface area contributed by atoms with Crippen LogP contribution < -0.4 is 4.74 Å². The average Bonchev–Trinajstić information content (AvgIpc) is 2.18. The molecule has 0 spiro atoms. The Morgan fingerprint density at radius 1 is 1.44 bits per heavy atom. The number of thiocarbonyl (C=S) groups is 1. The van der Waals surface area contributed by atoms with Gasteiger partial charge in [-0.2, -0.15) is 4.99 Å². The van der Waals surface area contributed by atoms with Crippen molar-refractivity contribution in [1.29, 1.82) is 0 Å². The molecule has 0 N–H and O–H groups in total. The molecule has 0 bridgehead atoms. The summed E-state index contributed by atoms with van der Waals surface area (Å²) in [7, 11) is 0. The molecule has 0 aliphatic rings. The van der Waals surface area contributed by atoms with E-state index in [4.69, 9.17) is 6.57 Å². The second kappa shape index (κ2) is 4.75. The normalized spacial score (nSPS) is 10.1. The molecular weight excluding hydrogens is 241 g/mol. The van der Waals surface area contributed by atoms with Crippen LogP contribution in [-0.2, 0) is 0 Å². The fraction of sp³-hybridized carbons (Fsp3) is 0.111. The van der Waals surface area contributed by atoms with Gasteiger partial charge in [-0.1, -0.05) is 6.07 Å². The van der Waals surface area contributed by atoms with E-state index in [1.54, 1.807) is 0 Å². The minimum absolute atomic E-state index is 0.0163. The van der Waals surface area contributed by atoms with Gasteiger partial charge in [0.25, 0.3) is 0 Å². The molecule has 0 saturated carbocycles. The first kappa shape index (κ1) is 12.2. The zero-order valence-corrected chi connectivity index (χ0v) is 8.39. The predicted octanol–water partition coefficient (Wildman–Crippen LogP) is 3.87. The number of ether oxygens (including phenoxy) is 1. The van der Waals surface area contributed by atoms with Gasteiger partial charge >= 0.3 is 6.36 Å². The second-order valence-electron chi connectivity index (χ2n) is 2.51. The Labute approximate surface area is 94.0 Å². The Bertz CT molecular complexity index is 487. The maximum Gasteiger partial charge on any atom is 0.573 e. The minimum atomic E-state index is -4.84. The summed E-state index contributed by atoms with van der Waals surface area (Å²) in [6.45, 7) is 6.67. The van der Waals surface area contributed by atoms with E-state index in [9.17, 15) is 13.2 Å². The van der Waals surface area contributed by atoms with E-state index in [0.29, 0.717) is 0 Å². The number of benzene rings is 1. The fourth-order valence-electron chi connectivity index (χ4n) is 0.920. The van der Waals surface area contributed by atoms with Crippen molar-refractivity contribution in [3.8, 4) is 5.75 Å². The van der Waals surface area contributed by atoms with Gasteiger partial charge in [0.15, 0.2) is 5.69 Å². The lowest BCUT2D eigenvalue weighted by Crippen LogP contribution is -2.17. The van der Waals surface area contributed by atoms with Crippen molar-refractivity contribution < 1.29 is 17.9 Å². The largest absolute Gasteiger partial charge is 0.573 e. The van der Waals surface area contributed by atoms with Gasteiger partial charge in [0, 0.05) is 0 Å². The molecule has 0 saturated heterocycles. The van der Waals surface area contributed by atoms with Crippen LogP contribution >= 0.6 is 12.2 Å². The molecule has 16 heavy (non-hydrogen) atoms. The zero-order chi connectivity index (χ0) is 12.2. The van der Waals surface area contributed by atoms with Gasteiger partial charge in [-0.25, -0.2) is 4.85 Å². The number of nitrogens with zero attached hydrogens (tertiary/aromatic N) is 2. The van der Waals surface area contributed by atoms with Gasteiger partial charge in [0.2, 0.25) is 0 Å². The van der Waals surface area contributed by atoms with Gasteiger partial charge in [0.05, 0.1) is 11.7 Å². The highest BCUT2D eigenvalue weighted by molar-refractivity contribution is 7.78. The summed E-state index contributed by atoms with van der Waals surface area (Å²) in [6.07, 6.45) is -4.84. The Balaban J connectivity index is 3.21. The lowest BCUT2D eigenvalue weighted by atomic mass is 10.2. The number of aliphatic imine (C=N–C) groups is 1. The summed E-state index contributed by atoms with van der Waals surface area (Å²) in [5, 5.41) is 1.93. The zero-order valence-electron chi connectivity index (χ0n) is 7.58. The molecule has 1 aromatic rings. The highest BCUT2D eigenvalue weighted by Gasteiger charge is 2.32. The highest BCUT2D eigenvalue weighted by atomic mass is 32.1.